The normalized spacial score (nSPS) is 10.5. The first-order valence-corrected chi connectivity index (χ1v) is 9.74. The molecular weight excluding hydrogens is 454 g/mol. The van der Waals surface area contributed by atoms with Crippen molar-refractivity contribution in [3.8, 4) is 11.8 Å². The van der Waals surface area contributed by atoms with Gasteiger partial charge in [0, 0.05) is 5.56 Å². The van der Waals surface area contributed by atoms with E-state index in [1.165, 1.54) is 6.21 Å². The number of nitriles is 1. The second-order valence-electron chi connectivity index (χ2n) is 5.93. The first kappa shape index (κ1) is 20.6. The van der Waals surface area contributed by atoms with Gasteiger partial charge >= 0.3 is 0 Å². The van der Waals surface area contributed by atoms with Crippen LogP contribution in [0.3, 0.4) is 0 Å². The standard InChI is InChI=1S/C22H15BrClN3O2/c23-19-11-15(13-26-27-22(28)18-7-3-4-8-20(18)24)9-10-21(19)29-14-17-6-2-1-5-16(17)12-25/h1-11,13H,14H2,(H,27,28)/b26-13-. The molecule has 0 saturated carbocycles. The zero-order valence-corrected chi connectivity index (χ0v) is 17.4. The lowest BCUT2D eigenvalue weighted by Crippen LogP contribution is -2.17. The molecule has 0 radical (unpaired) electrons. The maximum atomic E-state index is 12.1. The van der Waals surface area contributed by atoms with Gasteiger partial charge in [-0.05, 0) is 57.9 Å². The maximum absolute atomic E-state index is 12.1. The number of amides is 1. The Kier molecular flexibility index (Phi) is 7.01. The van der Waals surface area contributed by atoms with Crippen LogP contribution in [0.2, 0.25) is 5.02 Å². The van der Waals surface area contributed by atoms with Crippen LogP contribution >= 0.6 is 27.5 Å². The summed E-state index contributed by atoms with van der Waals surface area (Å²) >= 11 is 9.46. The first-order chi connectivity index (χ1) is 14.1. The summed E-state index contributed by atoms with van der Waals surface area (Å²) in [5, 5.41) is 13.5. The third-order valence-electron chi connectivity index (χ3n) is 3.98. The number of hydrazone groups is 1. The molecule has 0 atom stereocenters. The number of hydrogen-bond donors (Lipinski definition) is 1. The summed E-state index contributed by atoms with van der Waals surface area (Å²) < 4.78 is 6.54. The van der Waals surface area contributed by atoms with Crippen LogP contribution in [-0.4, -0.2) is 12.1 Å². The number of nitrogens with zero attached hydrogens (tertiary/aromatic N) is 2. The van der Waals surface area contributed by atoms with Gasteiger partial charge < -0.3 is 4.74 Å². The summed E-state index contributed by atoms with van der Waals surface area (Å²) in [6, 6.07) is 21.6. The Hall–Kier alpha value is -3.14. The first-order valence-electron chi connectivity index (χ1n) is 8.57. The van der Waals surface area contributed by atoms with Crippen molar-refractivity contribution in [1.29, 1.82) is 5.26 Å². The molecule has 0 aliphatic heterocycles. The lowest BCUT2D eigenvalue weighted by Gasteiger charge is -2.10. The quantitative estimate of drug-likeness (QED) is 0.393. The molecule has 7 heteroatoms. The molecule has 0 aliphatic carbocycles. The molecule has 0 aliphatic rings. The lowest BCUT2D eigenvalue weighted by atomic mass is 10.1. The molecule has 0 fully saturated rings. The molecule has 29 heavy (non-hydrogen) atoms. The van der Waals surface area contributed by atoms with E-state index < -0.39 is 0 Å². The zero-order valence-electron chi connectivity index (χ0n) is 15.1. The fourth-order valence-electron chi connectivity index (χ4n) is 2.50. The molecule has 3 aromatic rings. The van der Waals surface area contributed by atoms with Gasteiger partial charge in [-0.1, -0.05) is 41.9 Å². The van der Waals surface area contributed by atoms with Gasteiger partial charge in [-0.3, -0.25) is 4.79 Å². The predicted octanol–water partition coefficient (Wildman–Crippen LogP) is 5.32. The number of hydrogen-bond acceptors (Lipinski definition) is 4. The third-order valence-corrected chi connectivity index (χ3v) is 4.92. The summed E-state index contributed by atoms with van der Waals surface area (Å²) in [5.41, 5.74) is 4.97. The van der Waals surface area contributed by atoms with Crippen LogP contribution in [0.15, 0.2) is 76.3 Å². The van der Waals surface area contributed by atoms with Crippen molar-refractivity contribution < 1.29 is 9.53 Å². The van der Waals surface area contributed by atoms with Crippen molar-refractivity contribution in [1.82, 2.24) is 5.43 Å². The summed E-state index contributed by atoms with van der Waals surface area (Å²) in [6.07, 6.45) is 1.52. The van der Waals surface area contributed by atoms with Gasteiger partial charge in [0.15, 0.2) is 0 Å². The number of nitrogens with one attached hydrogen (secondary N) is 1. The molecule has 1 N–H and O–H groups in total. The second kappa shape index (κ2) is 9.87. The van der Waals surface area contributed by atoms with Crippen LogP contribution in [-0.2, 0) is 6.61 Å². The van der Waals surface area contributed by atoms with Crippen molar-refractivity contribution >= 4 is 39.7 Å². The summed E-state index contributed by atoms with van der Waals surface area (Å²) in [6.45, 7) is 0.281. The van der Waals surface area contributed by atoms with Gasteiger partial charge in [-0.2, -0.15) is 10.4 Å². The number of carbonyl (C=O) groups is 1. The van der Waals surface area contributed by atoms with Crippen LogP contribution < -0.4 is 10.2 Å². The minimum absolute atomic E-state index is 0.281. The molecule has 3 rings (SSSR count). The van der Waals surface area contributed by atoms with Crippen LogP contribution in [0.25, 0.3) is 0 Å². The third kappa shape index (κ3) is 5.44. The second-order valence-corrected chi connectivity index (χ2v) is 7.19. The van der Waals surface area contributed by atoms with E-state index in [-0.39, 0.29) is 12.5 Å². The zero-order chi connectivity index (χ0) is 20.6. The highest BCUT2D eigenvalue weighted by atomic mass is 79.9. The van der Waals surface area contributed by atoms with Crippen LogP contribution in [0.1, 0.15) is 27.0 Å². The van der Waals surface area contributed by atoms with Crippen LogP contribution in [0, 0.1) is 11.3 Å². The van der Waals surface area contributed by atoms with Crippen LogP contribution in [0.5, 0.6) is 5.75 Å². The van der Waals surface area contributed by atoms with Crippen molar-refractivity contribution in [2.24, 2.45) is 5.10 Å². The number of ether oxygens (including phenoxy) is 1. The molecule has 0 aromatic heterocycles. The van der Waals surface area contributed by atoms with Crippen LogP contribution in [0.4, 0.5) is 0 Å². The Morgan fingerprint density at radius 1 is 1.17 bits per heavy atom. The fraction of sp³-hybridized carbons (Fsp3) is 0.0455. The fourth-order valence-corrected chi connectivity index (χ4v) is 3.23. The molecular formula is C22H15BrClN3O2. The van der Waals surface area contributed by atoms with Gasteiger partial charge in [-0.25, -0.2) is 5.43 Å². The molecule has 0 bridgehead atoms. The largest absolute Gasteiger partial charge is 0.488 e. The molecule has 0 saturated heterocycles. The molecule has 1 amide bonds. The Bertz CT molecular complexity index is 1110. The summed E-state index contributed by atoms with van der Waals surface area (Å²) in [5.74, 6) is 0.247. The van der Waals surface area contributed by atoms with Crippen molar-refractivity contribution in [3.63, 3.8) is 0 Å². The number of benzene rings is 3. The van der Waals surface area contributed by atoms with E-state index in [4.69, 9.17) is 21.6 Å². The topological polar surface area (TPSA) is 74.5 Å². The van der Waals surface area contributed by atoms with Gasteiger partial charge in [0.2, 0.25) is 0 Å². The number of halogens is 2. The summed E-state index contributed by atoms with van der Waals surface area (Å²) in [4.78, 5) is 12.1. The van der Waals surface area contributed by atoms with Gasteiger partial charge in [-0.15, -0.1) is 0 Å². The van der Waals surface area contributed by atoms with E-state index in [2.05, 4.69) is 32.5 Å². The minimum Gasteiger partial charge on any atom is -0.488 e. The molecule has 0 heterocycles. The van der Waals surface area contributed by atoms with Gasteiger partial charge in [0.05, 0.1) is 32.9 Å². The van der Waals surface area contributed by atoms with E-state index in [9.17, 15) is 4.79 Å². The van der Waals surface area contributed by atoms with E-state index in [1.54, 1.807) is 42.5 Å². The van der Waals surface area contributed by atoms with E-state index in [0.717, 1.165) is 15.6 Å². The molecule has 0 unspecified atom stereocenters. The maximum Gasteiger partial charge on any atom is 0.272 e. The van der Waals surface area contributed by atoms with Crippen molar-refractivity contribution in [2.75, 3.05) is 0 Å². The Labute approximate surface area is 181 Å². The van der Waals surface area contributed by atoms with E-state index in [1.807, 2.05) is 24.3 Å². The number of carbonyl (C=O) groups excluding carboxylic acids is 1. The number of rotatable bonds is 6. The van der Waals surface area contributed by atoms with Gasteiger partial charge in [0.25, 0.3) is 5.91 Å². The highest BCUT2D eigenvalue weighted by Gasteiger charge is 2.08. The smallest absolute Gasteiger partial charge is 0.272 e. The average Bonchev–Trinajstić information content (AvgIpc) is 2.73. The highest BCUT2D eigenvalue weighted by molar-refractivity contribution is 9.10. The Morgan fingerprint density at radius 2 is 1.93 bits per heavy atom. The van der Waals surface area contributed by atoms with E-state index >= 15 is 0 Å². The van der Waals surface area contributed by atoms with Crippen molar-refractivity contribution in [3.05, 3.63) is 98.5 Å². The average molecular weight is 469 g/mol. The molecule has 3 aromatic carbocycles. The van der Waals surface area contributed by atoms with E-state index in [0.29, 0.717) is 21.9 Å². The molecule has 0 spiro atoms. The van der Waals surface area contributed by atoms with Crippen molar-refractivity contribution in [2.45, 2.75) is 6.61 Å². The highest BCUT2D eigenvalue weighted by Crippen LogP contribution is 2.26. The van der Waals surface area contributed by atoms with Gasteiger partial charge in [0.1, 0.15) is 12.4 Å². The Balaban J connectivity index is 1.62. The summed E-state index contributed by atoms with van der Waals surface area (Å²) in [7, 11) is 0. The Morgan fingerprint density at radius 3 is 2.69 bits per heavy atom. The molecule has 144 valence electrons. The minimum atomic E-state index is -0.387. The predicted molar refractivity (Wildman–Crippen MR) is 116 cm³/mol. The monoisotopic (exact) mass is 467 g/mol. The lowest BCUT2D eigenvalue weighted by molar-refractivity contribution is 0.0955. The molecule has 5 nitrogen and oxygen atoms in total. The SMILES string of the molecule is N#Cc1ccccc1COc1ccc(/C=N\NC(=O)c2ccccc2Cl)cc1Br.